The molecule has 14 heavy (non-hydrogen) atoms. The van der Waals surface area contributed by atoms with Gasteiger partial charge in [0.05, 0.1) is 0 Å². The Hall–Kier alpha value is -0.580. The number of nitrogens with two attached hydrogens (primary N) is 1. The van der Waals surface area contributed by atoms with E-state index in [1.807, 2.05) is 19.1 Å². The number of thioether (sulfide) groups is 1. The fourth-order valence-corrected chi connectivity index (χ4v) is 2.13. The third-order valence-corrected chi connectivity index (χ3v) is 2.94. The first-order valence-electron chi connectivity index (χ1n) is 4.70. The van der Waals surface area contributed by atoms with Crippen LogP contribution in [0, 0.1) is 0 Å². The molecule has 0 spiro atoms. The summed E-state index contributed by atoms with van der Waals surface area (Å²) < 4.78 is 0. The van der Waals surface area contributed by atoms with E-state index >= 15 is 0 Å². The van der Waals surface area contributed by atoms with Crippen LogP contribution in [-0.2, 0) is 0 Å². The van der Waals surface area contributed by atoms with E-state index in [0.29, 0.717) is 0 Å². The third-order valence-electron chi connectivity index (χ3n) is 1.83. The summed E-state index contributed by atoms with van der Waals surface area (Å²) in [5, 5.41) is 9.65. The molecule has 0 amide bonds. The van der Waals surface area contributed by atoms with Gasteiger partial charge in [-0.05, 0) is 19.4 Å². The summed E-state index contributed by atoms with van der Waals surface area (Å²) in [6, 6.07) is 3.91. The van der Waals surface area contributed by atoms with Crippen LogP contribution < -0.4 is 5.73 Å². The van der Waals surface area contributed by atoms with Gasteiger partial charge in [-0.1, -0.05) is 6.07 Å². The molecule has 0 aromatic carbocycles. The smallest absolute Gasteiger partial charge is 0.101 e. The standard InChI is InChI=1S/C10H16N2OS/c1-8(11)9-4-2-5-12-10(9)14-7-3-6-13/h2,4-5,8,13H,3,6-7,11H2,1H3/t8-/m1/s1. The largest absolute Gasteiger partial charge is 0.396 e. The van der Waals surface area contributed by atoms with Gasteiger partial charge in [-0.15, -0.1) is 11.8 Å². The first-order valence-corrected chi connectivity index (χ1v) is 5.68. The number of aromatic nitrogens is 1. The van der Waals surface area contributed by atoms with Crippen molar-refractivity contribution in [3.63, 3.8) is 0 Å². The van der Waals surface area contributed by atoms with Crippen molar-refractivity contribution < 1.29 is 5.11 Å². The molecular formula is C10H16N2OS. The zero-order valence-corrected chi connectivity index (χ0v) is 9.13. The minimum atomic E-state index is 0.0142. The molecule has 4 heteroatoms. The van der Waals surface area contributed by atoms with Crippen molar-refractivity contribution in [2.75, 3.05) is 12.4 Å². The van der Waals surface area contributed by atoms with Gasteiger partial charge < -0.3 is 10.8 Å². The number of aliphatic hydroxyl groups is 1. The van der Waals surface area contributed by atoms with Crippen LogP contribution in [0.5, 0.6) is 0 Å². The average molecular weight is 212 g/mol. The summed E-state index contributed by atoms with van der Waals surface area (Å²) in [6.45, 7) is 2.18. The van der Waals surface area contributed by atoms with Gasteiger partial charge in [0, 0.05) is 30.2 Å². The molecule has 0 unspecified atom stereocenters. The molecule has 0 saturated carbocycles. The van der Waals surface area contributed by atoms with Crippen molar-refractivity contribution in [1.82, 2.24) is 4.98 Å². The van der Waals surface area contributed by atoms with E-state index in [1.165, 1.54) is 0 Å². The van der Waals surface area contributed by atoms with Gasteiger partial charge in [0.1, 0.15) is 5.03 Å². The number of hydrogen-bond acceptors (Lipinski definition) is 4. The van der Waals surface area contributed by atoms with Crippen LogP contribution in [0.25, 0.3) is 0 Å². The highest BCUT2D eigenvalue weighted by molar-refractivity contribution is 7.99. The summed E-state index contributed by atoms with van der Waals surface area (Å²) in [5.41, 5.74) is 6.90. The van der Waals surface area contributed by atoms with Crippen LogP contribution in [0.4, 0.5) is 0 Å². The van der Waals surface area contributed by atoms with Crippen molar-refractivity contribution >= 4 is 11.8 Å². The lowest BCUT2D eigenvalue weighted by Crippen LogP contribution is -2.07. The second-order valence-corrected chi connectivity index (χ2v) is 4.20. The molecule has 1 heterocycles. The molecular weight excluding hydrogens is 196 g/mol. The van der Waals surface area contributed by atoms with Gasteiger partial charge in [0.25, 0.3) is 0 Å². The lowest BCUT2D eigenvalue weighted by Gasteiger charge is -2.10. The van der Waals surface area contributed by atoms with Gasteiger partial charge in [-0.2, -0.15) is 0 Å². The molecule has 0 bridgehead atoms. The molecule has 78 valence electrons. The number of pyridine rings is 1. The number of hydrogen-bond donors (Lipinski definition) is 2. The van der Waals surface area contributed by atoms with E-state index in [9.17, 15) is 0 Å². The number of rotatable bonds is 5. The molecule has 0 saturated heterocycles. The van der Waals surface area contributed by atoms with Crippen LogP contribution in [0.2, 0.25) is 0 Å². The third kappa shape index (κ3) is 3.29. The Morgan fingerprint density at radius 3 is 3.07 bits per heavy atom. The molecule has 1 aromatic rings. The fourth-order valence-electron chi connectivity index (χ4n) is 1.10. The summed E-state index contributed by atoms with van der Waals surface area (Å²) in [5.74, 6) is 0.882. The highest BCUT2D eigenvalue weighted by Gasteiger charge is 2.07. The van der Waals surface area contributed by atoms with Crippen molar-refractivity contribution in [2.45, 2.75) is 24.4 Å². The molecule has 0 radical (unpaired) electrons. The molecule has 1 rings (SSSR count). The quantitative estimate of drug-likeness (QED) is 0.574. The molecule has 1 atom stereocenters. The average Bonchev–Trinajstić information content (AvgIpc) is 2.19. The molecule has 0 aliphatic rings. The van der Waals surface area contributed by atoms with E-state index < -0.39 is 0 Å². The molecule has 1 aromatic heterocycles. The lowest BCUT2D eigenvalue weighted by molar-refractivity contribution is 0.296. The summed E-state index contributed by atoms with van der Waals surface area (Å²) in [7, 11) is 0. The maximum Gasteiger partial charge on any atom is 0.101 e. The van der Waals surface area contributed by atoms with Crippen LogP contribution >= 0.6 is 11.8 Å². The Kier molecular flexibility index (Phi) is 4.93. The number of aliphatic hydroxyl groups excluding tert-OH is 1. The molecule has 0 fully saturated rings. The first kappa shape index (κ1) is 11.5. The Morgan fingerprint density at radius 1 is 1.64 bits per heavy atom. The summed E-state index contributed by atoms with van der Waals surface area (Å²) in [4.78, 5) is 4.27. The Morgan fingerprint density at radius 2 is 2.43 bits per heavy atom. The predicted octanol–water partition coefficient (Wildman–Crippen LogP) is 1.58. The summed E-state index contributed by atoms with van der Waals surface area (Å²) >= 11 is 1.65. The maximum atomic E-state index is 8.66. The van der Waals surface area contributed by atoms with Crippen molar-refractivity contribution in [3.05, 3.63) is 23.9 Å². The van der Waals surface area contributed by atoms with E-state index in [-0.39, 0.29) is 12.6 Å². The van der Waals surface area contributed by atoms with Crippen molar-refractivity contribution in [1.29, 1.82) is 0 Å². The molecule has 3 nitrogen and oxygen atoms in total. The molecule has 0 aliphatic heterocycles. The molecule has 0 aliphatic carbocycles. The minimum Gasteiger partial charge on any atom is -0.396 e. The maximum absolute atomic E-state index is 8.66. The van der Waals surface area contributed by atoms with Crippen LogP contribution in [0.3, 0.4) is 0 Å². The highest BCUT2D eigenvalue weighted by atomic mass is 32.2. The monoisotopic (exact) mass is 212 g/mol. The molecule has 3 N–H and O–H groups in total. The second kappa shape index (κ2) is 6.01. The van der Waals surface area contributed by atoms with Crippen LogP contribution in [-0.4, -0.2) is 22.5 Å². The lowest BCUT2D eigenvalue weighted by atomic mass is 10.2. The van der Waals surface area contributed by atoms with E-state index in [1.54, 1.807) is 18.0 Å². The summed E-state index contributed by atoms with van der Waals surface area (Å²) in [6.07, 6.45) is 2.56. The zero-order valence-electron chi connectivity index (χ0n) is 8.31. The zero-order chi connectivity index (χ0) is 10.4. The van der Waals surface area contributed by atoms with E-state index in [2.05, 4.69) is 4.98 Å². The Bertz CT molecular complexity index is 279. The minimum absolute atomic E-state index is 0.0142. The van der Waals surface area contributed by atoms with Crippen molar-refractivity contribution in [2.24, 2.45) is 5.73 Å². The predicted molar refractivity (Wildman–Crippen MR) is 59.3 cm³/mol. The van der Waals surface area contributed by atoms with Gasteiger partial charge >= 0.3 is 0 Å². The van der Waals surface area contributed by atoms with Gasteiger partial charge in [-0.3, -0.25) is 0 Å². The normalized spacial score (nSPS) is 12.8. The van der Waals surface area contributed by atoms with E-state index in [4.69, 9.17) is 10.8 Å². The Balaban J connectivity index is 2.64. The Labute approximate surface area is 88.7 Å². The van der Waals surface area contributed by atoms with Crippen LogP contribution in [0.15, 0.2) is 23.4 Å². The van der Waals surface area contributed by atoms with E-state index in [0.717, 1.165) is 22.8 Å². The number of nitrogens with zero attached hydrogens (tertiary/aromatic N) is 1. The van der Waals surface area contributed by atoms with Crippen molar-refractivity contribution in [3.8, 4) is 0 Å². The fraction of sp³-hybridized carbons (Fsp3) is 0.500. The van der Waals surface area contributed by atoms with Crippen LogP contribution in [0.1, 0.15) is 24.9 Å². The van der Waals surface area contributed by atoms with Gasteiger partial charge in [0.15, 0.2) is 0 Å². The highest BCUT2D eigenvalue weighted by Crippen LogP contribution is 2.24. The second-order valence-electron chi connectivity index (χ2n) is 3.11. The SMILES string of the molecule is C[C@@H](N)c1cccnc1SCCCO. The topological polar surface area (TPSA) is 59.1 Å². The van der Waals surface area contributed by atoms with Gasteiger partial charge in [-0.25, -0.2) is 4.98 Å². The van der Waals surface area contributed by atoms with Gasteiger partial charge in [0.2, 0.25) is 0 Å². The first-order chi connectivity index (χ1) is 6.75.